The third-order valence-corrected chi connectivity index (χ3v) is 8.65. The summed E-state index contributed by atoms with van der Waals surface area (Å²) in [5.41, 5.74) is 3.77. The summed E-state index contributed by atoms with van der Waals surface area (Å²) in [6.45, 7) is 4.13. The lowest BCUT2D eigenvalue weighted by Gasteiger charge is -2.25. The maximum absolute atomic E-state index is 14.1. The number of aromatic nitrogens is 2. The Bertz CT molecular complexity index is 2130. The fraction of sp³-hybridized carbons (Fsp3) is 0.156. The molecule has 3 heterocycles. The topological polar surface area (TPSA) is 109 Å². The van der Waals surface area contributed by atoms with Crippen molar-refractivity contribution in [1.29, 1.82) is 0 Å². The number of carbonyl (C=O) groups excluding carboxylic acids is 1. The first-order valence-electron chi connectivity index (χ1n) is 13.5. The number of carbonyl (C=O) groups is 1. The van der Waals surface area contributed by atoms with Crippen molar-refractivity contribution in [2.45, 2.75) is 26.4 Å². The Morgan fingerprint density at radius 2 is 1.84 bits per heavy atom. The first-order valence-corrected chi connectivity index (χ1v) is 14.7. The molecule has 1 atom stereocenters. The molecule has 0 unspecified atom stereocenters. The van der Waals surface area contributed by atoms with E-state index in [0.29, 0.717) is 32.2 Å². The van der Waals surface area contributed by atoms with Gasteiger partial charge in [-0.3, -0.25) is 19.5 Å². The van der Waals surface area contributed by atoms with Crippen molar-refractivity contribution in [3.8, 4) is 0 Å². The van der Waals surface area contributed by atoms with Crippen molar-refractivity contribution < 1.29 is 14.5 Å². The molecule has 0 amide bonds. The molecule has 0 N–H and O–H groups in total. The minimum absolute atomic E-state index is 0.0358. The summed E-state index contributed by atoms with van der Waals surface area (Å²) >= 11 is 7.85. The molecule has 0 saturated carbocycles. The van der Waals surface area contributed by atoms with Crippen molar-refractivity contribution in [2.75, 3.05) is 6.61 Å². The van der Waals surface area contributed by atoms with Gasteiger partial charge in [0.1, 0.15) is 6.04 Å². The van der Waals surface area contributed by atoms with Crippen LogP contribution in [-0.2, 0) is 16.1 Å². The minimum Gasteiger partial charge on any atom is -0.463 e. The monoisotopic (exact) mass is 612 g/mol. The van der Waals surface area contributed by atoms with Crippen LogP contribution in [0, 0.1) is 10.1 Å². The summed E-state index contributed by atoms with van der Waals surface area (Å²) in [5.74, 6) is -0.544. The number of nitrogens with zero attached hydrogens (tertiary/aromatic N) is 4. The Hall–Kier alpha value is -4.80. The van der Waals surface area contributed by atoms with Gasteiger partial charge in [-0.2, -0.15) is 0 Å². The maximum atomic E-state index is 14.1. The van der Waals surface area contributed by atoms with Gasteiger partial charge in [-0.05, 0) is 43.2 Å². The van der Waals surface area contributed by atoms with Gasteiger partial charge in [-0.25, -0.2) is 9.79 Å². The number of fused-ring (bicyclic) bond motifs is 2. The van der Waals surface area contributed by atoms with Crippen LogP contribution in [0.1, 0.15) is 36.6 Å². The largest absolute Gasteiger partial charge is 0.463 e. The quantitative estimate of drug-likeness (QED) is 0.140. The van der Waals surface area contributed by atoms with Crippen LogP contribution in [0.15, 0.2) is 100 Å². The fourth-order valence-electron chi connectivity index (χ4n) is 5.36. The summed E-state index contributed by atoms with van der Waals surface area (Å²) < 4.78 is 9.39. The van der Waals surface area contributed by atoms with E-state index in [1.54, 1.807) is 44.2 Å². The maximum Gasteiger partial charge on any atom is 0.338 e. The number of allylic oxidation sites excluding steroid dienone is 1. The standard InChI is InChI=1S/C32H25ClN4O5S/c1-3-42-31(39)28-19(2)34-32-36(29(28)24-9-4-6-10-25(24)33)30(38)27(43-32)16-21-18-35(26-11-7-5-8-23(21)26)17-20-12-14-22(15-13-20)37(40)41/h4-16,18,29H,3,17H2,1-2H3/b27-16-/t29-/m1/s1. The van der Waals surface area contributed by atoms with Gasteiger partial charge < -0.3 is 9.30 Å². The second-order valence-electron chi connectivity index (χ2n) is 9.98. The van der Waals surface area contributed by atoms with Crippen LogP contribution in [0.5, 0.6) is 0 Å². The second kappa shape index (κ2) is 11.5. The molecule has 0 spiro atoms. The van der Waals surface area contributed by atoms with Crippen LogP contribution in [-0.4, -0.2) is 26.6 Å². The summed E-state index contributed by atoms with van der Waals surface area (Å²) in [5, 5.41) is 12.4. The van der Waals surface area contributed by atoms with Crippen molar-refractivity contribution in [2.24, 2.45) is 4.99 Å². The van der Waals surface area contributed by atoms with Crippen molar-refractivity contribution in [3.05, 3.63) is 142 Å². The lowest BCUT2D eigenvalue weighted by molar-refractivity contribution is -0.384. The zero-order valence-electron chi connectivity index (χ0n) is 23.2. The van der Waals surface area contributed by atoms with Gasteiger partial charge >= 0.3 is 5.97 Å². The zero-order valence-corrected chi connectivity index (χ0v) is 24.8. The van der Waals surface area contributed by atoms with Crippen molar-refractivity contribution in [3.63, 3.8) is 0 Å². The average Bonchev–Trinajstić information content (AvgIpc) is 3.49. The summed E-state index contributed by atoms with van der Waals surface area (Å²) in [7, 11) is 0. The van der Waals surface area contributed by atoms with Gasteiger partial charge in [-0.15, -0.1) is 0 Å². The molecule has 0 radical (unpaired) electrons. The number of non-ortho nitro benzene ring substituents is 1. The highest BCUT2D eigenvalue weighted by Gasteiger charge is 2.34. The predicted molar refractivity (Wildman–Crippen MR) is 166 cm³/mol. The smallest absolute Gasteiger partial charge is 0.338 e. The molecule has 216 valence electrons. The molecule has 1 aliphatic rings. The summed E-state index contributed by atoms with van der Waals surface area (Å²) in [4.78, 5) is 43.0. The number of para-hydroxylation sites is 1. The Kier molecular flexibility index (Phi) is 7.55. The van der Waals surface area contributed by atoms with E-state index in [9.17, 15) is 19.7 Å². The number of halogens is 1. The Balaban J connectivity index is 1.49. The van der Waals surface area contributed by atoms with E-state index in [2.05, 4.69) is 9.56 Å². The highest BCUT2D eigenvalue weighted by molar-refractivity contribution is 7.07. The Morgan fingerprint density at radius 3 is 2.56 bits per heavy atom. The molecule has 6 rings (SSSR count). The van der Waals surface area contributed by atoms with E-state index in [1.807, 2.05) is 42.6 Å². The molecule has 0 saturated heterocycles. The molecule has 2 aromatic heterocycles. The molecule has 5 aromatic rings. The number of thiazole rings is 1. The number of benzene rings is 3. The van der Waals surface area contributed by atoms with E-state index < -0.39 is 16.9 Å². The lowest BCUT2D eigenvalue weighted by Crippen LogP contribution is -2.40. The molecule has 43 heavy (non-hydrogen) atoms. The van der Waals surface area contributed by atoms with Gasteiger partial charge in [0, 0.05) is 46.4 Å². The van der Waals surface area contributed by atoms with Gasteiger partial charge in [0.25, 0.3) is 11.2 Å². The molecule has 11 heteroatoms. The summed E-state index contributed by atoms with van der Waals surface area (Å²) in [6.07, 6.45) is 3.80. The summed E-state index contributed by atoms with van der Waals surface area (Å²) in [6, 6.07) is 20.7. The molecular formula is C32H25ClN4O5S. The molecule has 0 bridgehead atoms. The fourth-order valence-corrected chi connectivity index (χ4v) is 6.64. The average molecular weight is 613 g/mol. The van der Waals surface area contributed by atoms with E-state index >= 15 is 0 Å². The molecule has 0 aliphatic carbocycles. The molecule has 3 aromatic carbocycles. The third-order valence-electron chi connectivity index (χ3n) is 7.32. The van der Waals surface area contributed by atoms with Crippen molar-refractivity contribution >= 4 is 51.6 Å². The van der Waals surface area contributed by atoms with Gasteiger partial charge in [0.05, 0.1) is 27.3 Å². The minimum atomic E-state index is -0.797. The van der Waals surface area contributed by atoms with Gasteiger partial charge in [-0.1, -0.05) is 71.5 Å². The highest BCUT2D eigenvalue weighted by Crippen LogP contribution is 2.34. The molecule has 9 nitrogen and oxygen atoms in total. The van der Waals surface area contributed by atoms with Crippen LogP contribution < -0.4 is 14.9 Å². The van der Waals surface area contributed by atoms with Crippen LogP contribution in [0.4, 0.5) is 5.69 Å². The molecule has 1 aliphatic heterocycles. The highest BCUT2D eigenvalue weighted by atomic mass is 35.5. The number of nitro groups is 1. The van der Waals surface area contributed by atoms with Gasteiger partial charge in [0.15, 0.2) is 4.80 Å². The van der Waals surface area contributed by atoms with E-state index in [0.717, 1.165) is 22.0 Å². The number of hydrogen-bond acceptors (Lipinski definition) is 7. The normalized spacial score (nSPS) is 15.0. The number of hydrogen-bond donors (Lipinski definition) is 0. The van der Waals surface area contributed by atoms with Crippen LogP contribution in [0.2, 0.25) is 5.02 Å². The van der Waals surface area contributed by atoms with Gasteiger partial charge in [0.2, 0.25) is 0 Å². The van der Waals surface area contributed by atoms with Crippen LogP contribution >= 0.6 is 22.9 Å². The number of rotatable bonds is 7. The number of esters is 1. The Morgan fingerprint density at radius 1 is 1.12 bits per heavy atom. The first-order chi connectivity index (χ1) is 20.8. The van der Waals surface area contributed by atoms with E-state index in [-0.39, 0.29) is 23.4 Å². The Labute approximate surface area is 254 Å². The van der Waals surface area contributed by atoms with E-state index in [1.165, 1.54) is 28.0 Å². The van der Waals surface area contributed by atoms with E-state index in [4.69, 9.17) is 16.3 Å². The molecule has 0 fully saturated rings. The van der Waals surface area contributed by atoms with Crippen LogP contribution in [0.3, 0.4) is 0 Å². The zero-order chi connectivity index (χ0) is 30.2. The third kappa shape index (κ3) is 5.19. The SMILES string of the molecule is CCOC(=O)C1=C(C)N=c2s/c(=C\c3cn(Cc4ccc([N+](=O)[O-])cc4)c4ccccc34)c(=O)n2[C@@H]1c1ccccc1Cl. The number of ether oxygens (including phenoxy) is 1. The van der Waals surface area contributed by atoms with Crippen molar-refractivity contribution in [1.82, 2.24) is 9.13 Å². The predicted octanol–water partition coefficient (Wildman–Crippen LogP) is 5.36. The molecular weight excluding hydrogens is 588 g/mol. The number of nitro benzene ring substituents is 1. The lowest BCUT2D eigenvalue weighted by atomic mass is 9.96. The van der Waals surface area contributed by atoms with Crippen LogP contribution in [0.25, 0.3) is 17.0 Å². The second-order valence-corrected chi connectivity index (χ2v) is 11.4. The first kappa shape index (κ1) is 28.3.